The van der Waals surface area contributed by atoms with Gasteiger partial charge in [0.2, 0.25) is 4.96 Å². The number of carbonyl (C=O) groups is 1. The molecule has 0 fully saturated rings. The lowest BCUT2D eigenvalue weighted by Crippen LogP contribution is -2.03. The second kappa shape index (κ2) is 8.16. The number of imidazole rings is 1. The molecule has 6 heteroatoms. The molecule has 0 saturated carbocycles. The summed E-state index contributed by atoms with van der Waals surface area (Å²) >= 11 is 1.55. The van der Waals surface area contributed by atoms with Gasteiger partial charge in [-0.05, 0) is 30.2 Å². The van der Waals surface area contributed by atoms with E-state index >= 15 is 0 Å². The molecule has 2 aromatic heterocycles. The number of fused-ring (bicyclic) bond motifs is 1. The van der Waals surface area contributed by atoms with E-state index in [9.17, 15) is 4.79 Å². The highest BCUT2D eigenvalue weighted by Gasteiger charge is 2.12. The Morgan fingerprint density at radius 1 is 0.871 bits per heavy atom. The molecule has 0 unspecified atom stereocenters. The maximum Gasteiger partial charge on any atom is 0.338 e. The maximum absolute atomic E-state index is 11.8. The minimum absolute atomic E-state index is 0.315. The van der Waals surface area contributed by atoms with Gasteiger partial charge in [-0.3, -0.25) is 0 Å². The first kappa shape index (κ1) is 19.2. The van der Waals surface area contributed by atoms with Crippen molar-refractivity contribution in [3.63, 3.8) is 0 Å². The van der Waals surface area contributed by atoms with Gasteiger partial charge >= 0.3 is 5.97 Å². The molecule has 31 heavy (non-hydrogen) atoms. The zero-order valence-electron chi connectivity index (χ0n) is 16.9. The monoisotopic (exact) mass is 425 g/mol. The van der Waals surface area contributed by atoms with Gasteiger partial charge in [-0.25, -0.2) is 14.3 Å². The van der Waals surface area contributed by atoms with Crippen LogP contribution in [0, 0.1) is 0 Å². The quantitative estimate of drug-likeness (QED) is 0.326. The van der Waals surface area contributed by atoms with Crippen LogP contribution in [-0.4, -0.2) is 27.2 Å². The van der Waals surface area contributed by atoms with E-state index < -0.39 is 0 Å². The van der Waals surface area contributed by atoms with Gasteiger partial charge in [0.05, 0.1) is 24.1 Å². The molecule has 0 spiro atoms. The molecular weight excluding hydrogens is 406 g/mol. The van der Waals surface area contributed by atoms with Crippen LogP contribution >= 0.6 is 11.3 Å². The summed E-state index contributed by atoms with van der Waals surface area (Å²) in [6, 6.07) is 26.0. The molecule has 5 rings (SSSR count). The van der Waals surface area contributed by atoms with Gasteiger partial charge in [0.25, 0.3) is 0 Å². The maximum atomic E-state index is 11.8. The van der Waals surface area contributed by atoms with Crippen molar-refractivity contribution in [2.75, 3.05) is 6.61 Å². The molecule has 0 N–H and O–H groups in total. The molecule has 2 heterocycles. The number of hydrogen-bond acceptors (Lipinski definition) is 5. The van der Waals surface area contributed by atoms with E-state index in [0.29, 0.717) is 12.2 Å². The first-order valence-corrected chi connectivity index (χ1v) is 10.8. The highest BCUT2D eigenvalue weighted by atomic mass is 32.1. The lowest BCUT2D eigenvalue weighted by Gasteiger charge is -2.02. The third kappa shape index (κ3) is 3.85. The summed E-state index contributed by atoms with van der Waals surface area (Å²) in [5.41, 5.74) is 5.72. The normalized spacial score (nSPS) is 11.0. The van der Waals surface area contributed by atoms with Crippen LogP contribution in [0.2, 0.25) is 0 Å². The predicted octanol–water partition coefficient (Wildman–Crippen LogP) is 5.97. The number of hydrogen-bond donors (Lipinski definition) is 0. The summed E-state index contributed by atoms with van der Waals surface area (Å²) in [6.07, 6.45) is 1.91. The average molecular weight is 426 g/mol. The molecule has 0 aliphatic heterocycles. The highest BCUT2D eigenvalue weighted by Crippen LogP contribution is 2.30. The largest absolute Gasteiger partial charge is 0.462 e. The van der Waals surface area contributed by atoms with Crippen molar-refractivity contribution in [3.05, 3.63) is 90.6 Å². The Labute approximate surface area is 183 Å². The average Bonchev–Trinajstić information content (AvgIpc) is 3.40. The molecule has 0 atom stereocenters. The third-order valence-electron chi connectivity index (χ3n) is 4.97. The summed E-state index contributed by atoms with van der Waals surface area (Å²) < 4.78 is 6.84. The molecule has 0 aliphatic carbocycles. The van der Waals surface area contributed by atoms with Crippen LogP contribution in [0.4, 0.5) is 0 Å². The fraction of sp³-hybridized carbons (Fsp3) is 0.0800. The Morgan fingerprint density at radius 2 is 1.52 bits per heavy atom. The van der Waals surface area contributed by atoms with E-state index in [2.05, 4.69) is 36.4 Å². The van der Waals surface area contributed by atoms with Gasteiger partial charge in [0.15, 0.2) is 0 Å². The lowest BCUT2D eigenvalue weighted by molar-refractivity contribution is 0.0526. The van der Waals surface area contributed by atoms with Crippen molar-refractivity contribution in [2.24, 2.45) is 0 Å². The third-order valence-corrected chi connectivity index (χ3v) is 5.95. The number of esters is 1. The van der Waals surface area contributed by atoms with E-state index in [0.717, 1.165) is 26.8 Å². The molecule has 152 valence electrons. The predicted molar refractivity (Wildman–Crippen MR) is 123 cm³/mol. The van der Waals surface area contributed by atoms with Gasteiger partial charge in [0, 0.05) is 11.1 Å². The van der Waals surface area contributed by atoms with Crippen molar-refractivity contribution < 1.29 is 9.53 Å². The van der Waals surface area contributed by atoms with Gasteiger partial charge in [-0.2, -0.15) is 5.10 Å². The van der Waals surface area contributed by atoms with Crippen molar-refractivity contribution >= 4 is 22.3 Å². The Hall–Kier alpha value is -3.77. The fourth-order valence-electron chi connectivity index (χ4n) is 3.38. The number of nitrogens with zero attached hydrogens (tertiary/aromatic N) is 3. The summed E-state index contributed by atoms with van der Waals surface area (Å²) in [5.74, 6) is -0.315. The minimum Gasteiger partial charge on any atom is -0.462 e. The van der Waals surface area contributed by atoms with Crippen LogP contribution in [0.5, 0.6) is 0 Å². The molecule has 0 saturated heterocycles. The summed E-state index contributed by atoms with van der Waals surface area (Å²) in [4.78, 5) is 17.3. The zero-order chi connectivity index (χ0) is 21.2. The van der Waals surface area contributed by atoms with Gasteiger partial charge < -0.3 is 4.74 Å². The van der Waals surface area contributed by atoms with E-state index in [1.54, 1.807) is 34.9 Å². The number of benzene rings is 3. The van der Waals surface area contributed by atoms with Crippen LogP contribution in [-0.2, 0) is 4.74 Å². The number of rotatable bonds is 5. The molecule has 0 radical (unpaired) electrons. The van der Waals surface area contributed by atoms with E-state index in [1.807, 2.05) is 36.5 Å². The zero-order valence-corrected chi connectivity index (χ0v) is 17.7. The smallest absolute Gasteiger partial charge is 0.338 e. The van der Waals surface area contributed by atoms with Crippen molar-refractivity contribution in [1.82, 2.24) is 14.6 Å². The summed E-state index contributed by atoms with van der Waals surface area (Å²) in [6.45, 7) is 2.16. The number of carbonyl (C=O) groups excluding carboxylic acids is 1. The topological polar surface area (TPSA) is 56.5 Å². The second-order valence-electron chi connectivity index (χ2n) is 7.00. The number of aromatic nitrogens is 3. The lowest BCUT2D eigenvalue weighted by atomic mass is 10.0. The van der Waals surface area contributed by atoms with Gasteiger partial charge in [0.1, 0.15) is 5.01 Å². The molecule has 5 nitrogen and oxygen atoms in total. The Kier molecular flexibility index (Phi) is 5.06. The standard InChI is InChI=1S/C25H19N3O2S/c1-2-30-24(29)21-14-10-19(11-15-21)22-16-28-25(26-22)31-23(27-28)20-12-8-18(9-13-20)17-6-4-3-5-7-17/h3-16H,2H2,1H3. The van der Waals surface area contributed by atoms with Crippen LogP contribution in [0.25, 0.3) is 37.9 Å². The highest BCUT2D eigenvalue weighted by molar-refractivity contribution is 7.19. The minimum atomic E-state index is -0.315. The molecule has 0 bridgehead atoms. The van der Waals surface area contributed by atoms with E-state index in [-0.39, 0.29) is 5.97 Å². The van der Waals surface area contributed by atoms with Crippen LogP contribution in [0.3, 0.4) is 0 Å². The molecule has 0 aliphatic rings. The van der Waals surface area contributed by atoms with Crippen molar-refractivity contribution in [3.8, 4) is 33.0 Å². The van der Waals surface area contributed by atoms with Crippen LogP contribution in [0.15, 0.2) is 85.1 Å². The van der Waals surface area contributed by atoms with E-state index in [1.165, 1.54) is 11.1 Å². The summed E-state index contributed by atoms with van der Waals surface area (Å²) in [7, 11) is 0. The van der Waals surface area contributed by atoms with Crippen LogP contribution in [0.1, 0.15) is 17.3 Å². The Balaban J connectivity index is 1.38. The molecule has 0 amide bonds. The number of ether oxygens (including phenoxy) is 1. The summed E-state index contributed by atoms with van der Waals surface area (Å²) in [5, 5.41) is 5.62. The van der Waals surface area contributed by atoms with Crippen molar-refractivity contribution in [1.29, 1.82) is 0 Å². The first-order chi connectivity index (χ1) is 15.2. The molecule has 3 aromatic carbocycles. The van der Waals surface area contributed by atoms with Crippen molar-refractivity contribution in [2.45, 2.75) is 6.92 Å². The second-order valence-corrected chi connectivity index (χ2v) is 7.96. The van der Waals surface area contributed by atoms with Gasteiger partial charge in [-0.15, -0.1) is 0 Å². The SMILES string of the molecule is CCOC(=O)c1ccc(-c2cn3nc(-c4ccc(-c5ccccc5)cc4)sc3n2)cc1. The van der Waals surface area contributed by atoms with Crippen LogP contribution < -0.4 is 0 Å². The van der Waals surface area contributed by atoms with Gasteiger partial charge in [-0.1, -0.05) is 78.1 Å². The fourth-order valence-corrected chi connectivity index (χ4v) is 4.27. The molecule has 5 aromatic rings. The Morgan fingerprint density at radius 3 is 2.19 bits per heavy atom. The van der Waals surface area contributed by atoms with E-state index in [4.69, 9.17) is 14.8 Å². The molecular formula is C25H19N3O2S. The first-order valence-electron chi connectivity index (χ1n) is 10.0. The Bertz CT molecular complexity index is 1310.